The third-order valence-electron chi connectivity index (χ3n) is 3.06. The summed E-state index contributed by atoms with van der Waals surface area (Å²) >= 11 is 0. The minimum Gasteiger partial charge on any atom is -0.385 e. The maximum absolute atomic E-state index is 11.7. The molecule has 2 aliphatic rings. The molecule has 0 aromatic heterocycles. The van der Waals surface area contributed by atoms with Gasteiger partial charge in [-0.2, -0.15) is 0 Å². The Morgan fingerprint density at radius 3 is 2.20 bits per heavy atom. The average molecular weight is 316 g/mol. The fraction of sp³-hybridized carbons (Fsp3) is 0.600. The summed E-state index contributed by atoms with van der Waals surface area (Å²) in [4.78, 5) is 1.56. The monoisotopic (exact) mass is 315 g/mol. The second kappa shape index (κ2) is 8.57. The van der Waals surface area contributed by atoms with Gasteiger partial charge in [-0.1, -0.05) is 27.7 Å². The first-order chi connectivity index (χ1) is 9.75. The molecule has 0 saturated carbocycles. The van der Waals surface area contributed by atoms with Crippen LogP contribution in [0.4, 0.5) is 5.69 Å². The Morgan fingerprint density at radius 2 is 1.55 bits per heavy atom. The molecule has 20 heavy (non-hydrogen) atoms. The highest BCUT2D eigenvalue weighted by Gasteiger charge is 2.27. The van der Waals surface area contributed by atoms with Gasteiger partial charge in [0, 0.05) is 12.2 Å². The van der Waals surface area contributed by atoms with Crippen molar-refractivity contribution in [3.63, 3.8) is 0 Å². The molecule has 2 heterocycles. The minimum absolute atomic E-state index is 0.276. The highest BCUT2D eigenvalue weighted by molar-refractivity contribution is 8.04. The molecule has 3 nitrogen and oxygen atoms in total. The highest BCUT2D eigenvalue weighted by Crippen LogP contribution is 2.33. The second-order valence-electron chi connectivity index (χ2n) is 4.15. The molecule has 0 spiro atoms. The van der Waals surface area contributed by atoms with E-state index in [1.807, 2.05) is 39.8 Å². The predicted molar refractivity (Wildman–Crippen MR) is 88.2 cm³/mol. The smallest absolute Gasteiger partial charge is 0.109 e. The zero-order valence-corrected chi connectivity index (χ0v) is 14.5. The van der Waals surface area contributed by atoms with Crippen LogP contribution in [-0.4, -0.2) is 20.0 Å². The molecule has 1 aromatic carbocycles. The van der Waals surface area contributed by atoms with Gasteiger partial charge in [-0.15, -0.1) is 0 Å². The van der Waals surface area contributed by atoms with Gasteiger partial charge in [0.05, 0.1) is 31.4 Å². The van der Waals surface area contributed by atoms with Crippen LogP contribution in [0.25, 0.3) is 0 Å². The fourth-order valence-electron chi connectivity index (χ4n) is 2.22. The zero-order valence-electron chi connectivity index (χ0n) is 12.8. The first-order valence-electron chi connectivity index (χ1n) is 7.43. The number of hydrogen-bond donors (Lipinski definition) is 1. The number of aryl methyl sites for hydroxylation is 1. The summed E-state index contributed by atoms with van der Waals surface area (Å²) in [6, 6.07) is 3.93. The molecule has 0 saturated heterocycles. The number of hydrogen-bond acceptors (Lipinski definition) is 3. The Kier molecular flexibility index (Phi) is 7.45. The molecule has 0 fully saturated rings. The maximum atomic E-state index is 11.7. The van der Waals surface area contributed by atoms with Gasteiger partial charge in [0.15, 0.2) is 0 Å². The Hall–Kier alpha value is -0.680. The number of nitrogens with one attached hydrogen (secondary N) is 1. The Balaban J connectivity index is 0.000000461. The Morgan fingerprint density at radius 1 is 0.950 bits per heavy atom. The van der Waals surface area contributed by atoms with Crippen molar-refractivity contribution in [2.45, 2.75) is 56.7 Å². The van der Waals surface area contributed by atoms with E-state index < -0.39 is 21.6 Å². The van der Waals surface area contributed by atoms with Gasteiger partial charge in [-0.05, 0) is 37.0 Å². The summed E-state index contributed by atoms with van der Waals surface area (Å²) in [6.45, 7) is 8.97. The van der Waals surface area contributed by atoms with Crippen molar-refractivity contribution in [2.75, 3.05) is 16.9 Å². The van der Waals surface area contributed by atoms with Crippen LogP contribution in [0.1, 0.15) is 46.1 Å². The van der Waals surface area contributed by atoms with Crippen molar-refractivity contribution < 1.29 is 8.42 Å². The normalized spacial score (nSPS) is 22.8. The first kappa shape index (κ1) is 17.4. The molecule has 3 rings (SSSR count). The molecular weight excluding hydrogens is 290 g/mol. The van der Waals surface area contributed by atoms with Gasteiger partial charge in [-0.3, -0.25) is 8.42 Å². The lowest BCUT2D eigenvalue weighted by Gasteiger charge is -2.09. The molecule has 1 N–H and O–H groups in total. The minimum atomic E-state index is -1.07. The van der Waals surface area contributed by atoms with E-state index in [2.05, 4.69) is 5.32 Å². The molecule has 0 aliphatic carbocycles. The van der Waals surface area contributed by atoms with Crippen molar-refractivity contribution in [2.24, 2.45) is 0 Å². The van der Waals surface area contributed by atoms with E-state index >= 15 is 0 Å². The van der Waals surface area contributed by atoms with E-state index in [1.165, 1.54) is 5.56 Å². The van der Waals surface area contributed by atoms with Gasteiger partial charge in [0.25, 0.3) is 0 Å². The summed E-state index contributed by atoms with van der Waals surface area (Å²) in [5.74, 6) is 0. The van der Waals surface area contributed by atoms with Crippen LogP contribution in [0, 0.1) is 0 Å². The lowest BCUT2D eigenvalue weighted by molar-refractivity contribution is 0.685. The van der Waals surface area contributed by atoms with E-state index in [4.69, 9.17) is 0 Å². The van der Waals surface area contributed by atoms with E-state index in [-0.39, 0.29) is 5.08 Å². The third-order valence-corrected chi connectivity index (χ3v) is 6.56. The molecule has 2 aliphatic heterocycles. The molecule has 2 atom stereocenters. The Bertz CT molecular complexity index is 458. The number of fused-ring (bicyclic) bond motifs is 2. The zero-order chi connectivity index (χ0) is 15.1. The van der Waals surface area contributed by atoms with E-state index in [0.29, 0.717) is 0 Å². The topological polar surface area (TPSA) is 46.2 Å². The molecule has 0 bridgehead atoms. The molecular formula is C15H25NO2S2. The maximum Gasteiger partial charge on any atom is 0.109 e. The molecule has 5 heteroatoms. The SMILES string of the molecule is CC.CC.O=S1CS(=O)c2cc3c(cc21)CCCCN3. The van der Waals surface area contributed by atoms with E-state index in [1.54, 1.807) is 0 Å². The standard InChI is InChI=1S/C11H13NO2S2.2C2H6/c13-15-7-16(14)11-6-9-8(5-10(11)15)3-1-2-4-12-9;2*1-2/h5-6,12H,1-4,7H2;2*1-2H3. The van der Waals surface area contributed by atoms with Gasteiger partial charge in [0.1, 0.15) is 5.08 Å². The molecule has 1 aromatic rings. The van der Waals surface area contributed by atoms with Crippen LogP contribution in [0.5, 0.6) is 0 Å². The number of rotatable bonds is 0. The summed E-state index contributed by atoms with van der Waals surface area (Å²) < 4.78 is 23.5. The predicted octanol–water partition coefficient (Wildman–Crippen LogP) is 3.67. The first-order valence-corrected chi connectivity index (χ1v) is 10.1. The summed E-state index contributed by atoms with van der Waals surface area (Å²) in [5.41, 5.74) is 2.31. The van der Waals surface area contributed by atoms with Crippen LogP contribution in [-0.2, 0) is 28.0 Å². The number of anilines is 1. The largest absolute Gasteiger partial charge is 0.385 e. The summed E-state index contributed by atoms with van der Waals surface area (Å²) in [6.07, 6.45) is 3.35. The summed E-state index contributed by atoms with van der Waals surface area (Å²) in [5, 5.41) is 3.63. The van der Waals surface area contributed by atoms with Crippen LogP contribution < -0.4 is 5.32 Å². The van der Waals surface area contributed by atoms with E-state index in [0.717, 1.165) is 41.3 Å². The third kappa shape index (κ3) is 3.70. The molecule has 114 valence electrons. The lowest BCUT2D eigenvalue weighted by Crippen LogP contribution is -2.00. The van der Waals surface area contributed by atoms with Crippen molar-refractivity contribution in [1.29, 1.82) is 0 Å². The molecule has 0 amide bonds. The van der Waals surface area contributed by atoms with E-state index in [9.17, 15) is 8.42 Å². The lowest BCUT2D eigenvalue weighted by atomic mass is 10.1. The fourth-order valence-corrected chi connectivity index (χ4v) is 5.66. The molecule has 2 unspecified atom stereocenters. The average Bonchev–Trinajstić information content (AvgIpc) is 2.68. The number of benzene rings is 1. The summed E-state index contributed by atoms with van der Waals surface area (Å²) in [7, 11) is -2.13. The van der Waals surface area contributed by atoms with Crippen LogP contribution in [0.3, 0.4) is 0 Å². The van der Waals surface area contributed by atoms with Gasteiger partial charge < -0.3 is 5.32 Å². The highest BCUT2D eigenvalue weighted by atomic mass is 32.2. The molecule has 0 radical (unpaired) electrons. The van der Waals surface area contributed by atoms with Crippen LogP contribution in [0.2, 0.25) is 0 Å². The van der Waals surface area contributed by atoms with Crippen molar-refractivity contribution in [3.8, 4) is 0 Å². The van der Waals surface area contributed by atoms with Gasteiger partial charge in [0.2, 0.25) is 0 Å². The quantitative estimate of drug-likeness (QED) is 0.794. The second-order valence-corrected chi connectivity index (χ2v) is 7.35. The van der Waals surface area contributed by atoms with Crippen molar-refractivity contribution in [1.82, 2.24) is 0 Å². The van der Waals surface area contributed by atoms with Gasteiger partial charge in [-0.25, -0.2) is 0 Å². The van der Waals surface area contributed by atoms with Crippen molar-refractivity contribution in [3.05, 3.63) is 17.7 Å². The Labute approximate surface area is 127 Å². The van der Waals surface area contributed by atoms with Crippen molar-refractivity contribution >= 4 is 27.3 Å². The van der Waals surface area contributed by atoms with Gasteiger partial charge >= 0.3 is 0 Å². The van der Waals surface area contributed by atoms with Crippen LogP contribution >= 0.6 is 0 Å². The van der Waals surface area contributed by atoms with Crippen LogP contribution in [0.15, 0.2) is 21.9 Å².